The summed E-state index contributed by atoms with van der Waals surface area (Å²) in [6, 6.07) is 6.44. The summed E-state index contributed by atoms with van der Waals surface area (Å²) >= 11 is 0. The highest BCUT2D eigenvalue weighted by molar-refractivity contribution is 7.89. The Labute approximate surface area is 150 Å². The topological polar surface area (TPSA) is 92.5 Å². The molecule has 1 saturated carbocycles. The lowest BCUT2D eigenvalue weighted by atomic mass is 9.96. The number of sulfonamides is 1. The van der Waals surface area contributed by atoms with Gasteiger partial charge in [0.1, 0.15) is 0 Å². The first-order chi connectivity index (χ1) is 10.9. The number of nitrogens with two attached hydrogens (primary N) is 1. The molecule has 0 spiro atoms. The molecule has 0 atom stereocenters. The van der Waals surface area contributed by atoms with Crippen LogP contribution in [-0.2, 0) is 14.8 Å². The molecule has 1 aliphatic rings. The number of halogens is 1. The maximum absolute atomic E-state index is 12.8. The van der Waals surface area contributed by atoms with Gasteiger partial charge in [-0.2, -0.15) is 4.31 Å². The van der Waals surface area contributed by atoms with Crippen molar-refractivity contribution in [1.82, 2.24) is 4.31 Å². The molecule has 136 valence electrons. The molecule has 24 heavy (non-hydrogen) atoms. The average molecular weight is 376 g/mol. The third-order valence-corrected chi connectivity index (χ3v) is 6.16. The lowest BCUT2D eigenvalue weighted by Gasteiger charge is -2.30. The van der Waals surface area contributed by atoms with Crippen LogP contribution in [0.3, 0.4) is 0 Å². The van der Waals surface area contributed by atoms with E-state index in [2.05, 4.69) is 5.32 Å². The predicted molar refractivity (Wildman–Crippen MR) is 97.8 cm³/mol. The number of amides is 1. The van der Waals surface area contributed by atoms with Crippen molar-refractivity contribution in [3.8, 4) is 0 Å². The fraction of sp³-hybridized carbons (Fsp3) is 0.562. The number of rotatable bonds is 6. The van der Waals surface area contributed by atoms with Gasteiger partial charge in [-0.05, 0) is 31.0 Å². The van der Waals surface area contributed by atoms with E-state index in [-0.39, 0.29) is 42.2 Å². The standard InChI is InChI=1S/C16H25N3O3S.ClH/c1-19(14-7-3-2-4-8-14)23(21,22)15-9-5-6-13(12-15)18-16(20)10-11-17;/h5-6,9,12,14H,2-4,7-8,10-11,17H2,1H3,(H,18,20);1H. The monoisotopic (exact) mass is 375 g/mol. The summed E-state index contributed by atoms with van der Waals surface area (Å²) in [7, 11) is -1.91. The molecule has 3 N–H and O–H groups in total. The van der Waals surface area contributed by atoms with Crippen LogP contribution in [0, 0.1) is 0 Å². The molecule has 1 aromatic rings. The minimum Gasteiger partial charge on any atom is -0.330 e. The van der Waals surface area contributed by atoms with Gasteiger partial charge in [0, 0.05) is 31.7 Å². The van der Waals surface area contributed by atoms with Crippen LogP contribution in [0.25, 0.3) is 0 Å². The molecule has 0 aliphatic heterocycles. The van der Waals surface area contributed by atoms with E-state index in [9.17, 15) is 13.2 Å². The van der Waals surface area contributed by atoms with E-state index < -0.39 is 10.0 Å². The van der Waals surface area contributed by atoms with Crippen LogP contribution >= 0.6 is 12.4 Å². The van der Waals surface area contributed by atoms with Gasteiger partial charge in [-0.25, -0.2) is 8.42 Å². The minimum atomic E-state index is -3.55. The van der Waals surface area contributed by atoms with Gasteiger partial charge in [-0.15, -0.1) is 12.4 Å². The zero-order chi connectivity index (χ0) is 16.9. The van der Waals surface area contributed by atoms with E-state index in [1.54, 1.807) is 25.2 Å². The Kier molecular flexibility index (Phi) is 8.15. The molecule has 1 amide bonds. The summed E-state index contributed by atoms with van der Waals surface area (Å²) < 4.78 is 27.1. The Morgan fingerprint density at radius 3 is 2.58 bits per heavy atom. The molecule has 0 unspecified atom stereocenters. The number of carbonyl (C=O) groups is 1. The number of carbonyl (C=O) groups excluding carboxylic acids is 1. The average Bonchev–Trinajstić information content (AvgIpc) is 2.55. The first-order valence-corrected chi connectivity index (χ1v) is 9.47. The Balaban J connectivity index is 0.00000288. The second-order valence-corrected chi connectivity index (χ2v) is 7.93. The van der Waals surface area contributed by atoms with Gasteiger partial charge in [0.15, 0.2) is 0 Å². The van der Waals surface area contributed by atoms with Gasteiger partial charge in [0.2, 0.25) is 15.9 Å². The zero-order valence-corrected chi connectivity index (χ0v) is 15.5. The van der Waals surface area contributed by atoms with Gasteiger partial charge in [0.05, 0.1) is 4.90 Å². The molecule has 0 bridgehead atoms. The summed E-state index contributed by atoms with van der Waals surface area (Å²) in [5.74, 6) is -0.220. The highest BCUT2D eigenvalue weighted by Crippen LogP contribution is 2.27. The molecule has 0 saturated heterocycles. The number of anilines is 1. The smallest absolute Gasteiger partial charge is 0.243 e. The molecular formula is C16H26ClN3O3S. The summed E-state index contributed by atoms with van der Waals surface area (Å²) in [5.41, 5.74) is 5.81. The van der Waals surface area contributed by atoms with E-state index >= 15 is 0 Å². The fourth-order valence-electron chi connectivity index (χ4n) is 2.90. The lowest BCUT2D eigenvalue weighted by Crippen LogP contribution is -2.38. The third kappa shape index (κ3) is 5.17. The maximum atomic E-state index is 12.8. The van der Waals surface area contributed by atoms with Gasteiger partial charge in [-0.3, -0.25) is 4.79 Å². The molecule has 0 radical (unpaired) electrons. The van der Waals surface area contributed by atoms with Crippen molar-refractivity contribution in [2.75, 3.05) is 18.9 Å². The van der Waals surface area contributed by atoms with Crippen LogP contribution in [0.5, 0.6) is 0 Å². The molecule has 1 fully saturated rings. The van der Waals surface area contributed by atoms with Crippen LogP contribution in [0.1, 0.15) is 38.5 Å². The van der Waals surface area contributed by atoms with E-state index in [0.29, 0.717) is 5.69 Å². The molecule has 2 rings (SSSR count). The summed E-state index contributed by atoms with van der Waals surface area (Å²) in [6.07, 6.45) is 5.33. The molecule has 0 heterocycles. The van der Waals surface area contributed by atoms with Crippen molar-refractivity contribution in [2.45, 2.75) is 49.5 Å². The van der Waals surface area contributed by atoms with E-state index in [4.69, 9.17) is 5.73 Å². The maximum Gasteiger partial charge on any atom is 0.243 e. The Morgan fingerprint density at radius 1 is 1.29 bits per heavy atom. The number of hydrogen-bond donors (Lipinski definition) is 2. The van der Waals surface area contributed by atoms with Crippen molar-refractivity contribution < 1.29 is 13.2 Å². The molecule has 1 aliphatic carbocycles. The summed E-state index contributed by atoms with van der Waals surface area (Å²) in [4.78, 5) is 11.8. The van der Waals surface area contributed by atoms with Gasteiger partial charge in [-0.1, -0.05) is 25.3 Å². The van der Waals surface area contributed by atoms with E-state index in [1.807, 2.05) is 0 Å². The minimum absolute atomic E-state index is 0. The zero-order valence-electron chi connectivity index (χ0n) is 13.9. The molecule has 0 aromatic heterocycles. The number of hydrogen-bond acceptors (Lipinski definition) is 4. The number of nitrogens with one attached hydrogen (secondary N) is 1. The first-order valence-electron chi connectivity index (χ1n) is 8.03. The highest BCUT2D eigenvalue weighted by atomic mass is 35.5. The van der Waals surface area contributed by atoms with Crippen LogP contribution in [0.4, 0.5) is 5.69 Å². The van der Waals surface area contributed by atoms with Crippen molar-refractivity contribution in [3.63, 3.8) is 0 Å². The SMILES string of the molecule is CN(C1CCCCC1)S(=O)(=O)c1cccc(NC(=O)CCN)c1.Cl. The summed E-state index contributed by atoms with van der Waals surface area (Å²) in [6.45, 7) is 0.258. The van der Waals surface area contributed by atoms with Crippen LogP contribution < -0.4 is 11.1 Å². The van der Waals surface area contributed by atoms with Gasteiger partial charge >= 0.3 is 0 Å². The lowest BCUT2D eigenvalue weighted by molar-refractivity contribution is -0.116. The van der Waals surface area contributed by atoms with Crippen LogP contribution in [0.15, 0.2) is 29.2 Å². The predicted octanol–water partition coefficient (Wildman–Crippen LogP) is 2.35. The largest absolute Gasteiger partial charge is 0.330 e. The number of nitrogens with zero attached hydrogens (tertiary/aromatic N) is 1. The van der Waals surface area contributed by atoms with Crippen molar-refractivity contribution in [1.29, 1.82) is 0 Å². The van der Waals surface area contributed by atoms with E-state index in [1.165, 1.54) is 16.8 Å². The van der Waals surface area contributed by atoms with Crippen molar-refractivity contribution in [2.24, 2.45) is 5.73 Å². The number of benzene rings is 1. The normalized spacial score (nSPS) is 15.8. The third-order valence-electron chi connectivity index (χ3n) is 4.26. The van der Waals surface area contributed by atoms with Crippen molar-refractivity contribution in [3.05, 3.63) is 24.3 Å². The van der Waals surface area contributed by atoms with Gasteiger partial charge < -0.3 is 11.1 Å². The summed E-state index contributed by atoms with van der Waals surface area (Å²) in [5, 5.41) is 2.67. The second-order valence-electron chi connectivity index (χ2n) is 5.93. The Hall–Kier alpha value is -1.15. The fourth-order valence-corrected chi connectivity index (χ4v) is 4.36. The van der Waals surface area contributed by atoms with E-state index in [0.717, 1.165) is 25.7 Å². The van der Waals surface area contributed by atoms with Crippen LogP contribution in [0.2, 0.25) is 0 Å². The Morgan fingerprint density at radius 2 is 1.96 bits per heavy atom. The molecule has 8 heteroatoms. The highest BCUT2D eigenvalue weighted by Gasteiger charge is 2.29. The second kappa shape index (κ2) is 9.36. The van der Waals surface area contributed by atoms with Crippen molar-refractivity contribution >= 4 is 34.0 Å². The molecule has 1 aromatic carbocycles. The van der Waals surface area contributed by atoms with Gasteiger partial charge in [0.25, 0.3) is 0 Å². The Bertz CT molecular complexity index is 646. The van der Waals surface area contributed by atoms with Crippen LogP contribution in [-0.4, -0.2) is 38.3 Å². The molecule has 6 nitrogen and oxygen atoms in total. The quantitative estimate of drug-likeness (QED) is 0.798. The molecular weight excluding hydrogens is 350 g/mol. The first kappa shape index (κ1) is 20.9.